The van der Waals surface area contributed by atoms with Crippen molar-refractivity contribution in [3.63, 3.8) is 0 Å². The molecule has 2 aromatic carbocycles. The van der Waals surface area contributed by atoms with E-state index >= 15 is 0 Å². The second-order valence-electron chi connectivity index (χ2n) is 8.21. The third kappa shape index (κ3) is 6.20. The minimum atomic E-state index is -0.484. The largest absolute Gasteiger partial charge is 0.495 e. The second kappa shape index (κ2) is 10.3. The van der Waals surface area contributed by atoms with Crippen molar-refractivity contribution in [1.82, 2.24) is 5.32 Å². The molecule has 0 heterocycles. The molecular weight excluding hydrogens is 397 g/mol. The van der Waals surface area contributed by atoms with Crippen molar-refractivity contribution in [3.05, 3.63) is 53.8 Å². The maximum atomic E-state index is 13.4. The van der Waals surface area contributed by atoms with Gasteiger partial charge in [0.2, 0.25) is 5.91 Å². The molecule has 0 aliphatic heterocycles. The van der Waals surface area contributed by atoms with Gasteiger partial charge in [-0.05, 0) is 74.9 Å². The van der Waals surface area contributed by atoms with Gasteiger partial charge in [0.05, 0.1) is 12.8 Å². The van der Waals surface area contributed by atoms with Crippen LogP contribution in [0.15, 0.2) is 42.5 Å². The van der Waals surface area contributed by atoms with Crippen molar-refractivity contribution in [3.8, 4) is 5.75 Å². The Bertz CT molecular complexity index is 926. The fourth-order valence-electron chi connectivity index (χ4n) is 3.77. The lowest BCUT2D eigenvalue weighted by Gasteiger charge is -2.28. The molecule has 166 valence electrons. The number of carbonyl (C=O) groups excluding carboxylic acids is 2. The molecule has 0 bridgehead atoms. The van der Waals surface area contributed by atoms with E-state index in [1.54, 1.807) is 25.1 Å². The number of benzene rings is 2. The van der Waals surface area contributed by atoms with Crippen molar-refractivity contribution in [2.24, 2.45) is 5.92 Å². The Morgan fingerprint density at radius 1 is 1.10 bits per heavy atom. The van der Waals surface area contributed by atoms with Gasteiger partial charge in [-0.3, -0.25) is 9.59 Å². The molecule has 2 amide bonds. The third-order valence-corrected chi connectivity index (χ3v) is 5.67. The van der Waals surface area contributed by atoms with E-state index in [-0.39, 0.29) is 17.5 Å². The van der Waals surface area contributed by atoms with Crippen molar-refractivity contribution in [1.29, 1.82) is 0 Å². The molecule has 1 saturated carbocycles. The van der Waals surface area contributed by atoms with Gasteiger partial charge in [0, 0.05) is 17.3 Å². The van der Waals surface area contributed by atoms with E-state index in [4.69, 9.17) is 4.74 Å². The van der Waals surface area contributed by atoms with Crippen LogP contribution >= 0.6 is 0 Å². The average Bonchev–Trinajstić information content (AvgIpc) is 2.75. The van der Waals surface area contributed by atoms with E-state index in [1.807, 2.05) is 0 Å². The normalized spacial score (nSPS) is 19.2. The maximum absolute atomic E-state index is 13.4. The maximum Gasteiger partial charge on any atom is 0.255 e. The quantitative estimate of drug-likeness (QED) is 0.604. The van der Waals surface area contributed by atoms with Crippen molar-refractivity contribution in [2.45, 2.75) is 51.6 Å². The van der Waals surface area contributed by atoms with E-state index in [0.717, 1.165) is 31.6 Å². The number of nitrogens with one attached hydrogen (secondary N) is 3. The zero-order valence-corrected chi connectivity index (χ0v) is 18.2. The number of rotatable bonds is 7. The van der Waals surface area contributed by atoms with Gasteiger partial charge in [-0.1, -0.05) is 13.0 Å². The molecule has 1 aliphatic rings. The minimum Gasteiger partial charge on any atom is -0.495 e. The molecule has 7 heteroatoms. The van der Waals surface area contributed by atoms with E-state index < -0.39 is 17.8 Å². The molecule has 3 rings (SSSR count). The lowest BCUT2D eigenvalue weighted by atomic mass is 9.87. The summed E-state index contributed by atoms with van der Waals surface area (Å²) >= 11 is 0. The predicted octanol–water partition coefficient (Wildman–Crippen LogP) is 4.58. The fourth-order valence-corrected chi connectivity index (χ4v) is 3.77. The number of methoxy groups -OCH3 is 1. The predicted molar refractivity (Wildman–Crippen MR) is 120 cm³/mol. The summed E-state index contributed by atoms with van der Waals surface area (Å²) in [7, 11) is 1.50. The summed E-state index contributed by atoms with van der Waals surface area (Å²) in [6.45, 7) is 4.05. The summed E-state index contributed by atoms with van der Waals surface area (Å²) in [6.07, 6.45) is 4.30. The van der Waals surface area contributed by atoms with Crippen LogP contribution in [-0.2, 0) is 4.79 Å². The van der Waals surface area contributed by atoms with Crippen LogP contribution in [0, 0.1) is 11.7 Å². The Morgan fingerprint density at radius 3 is 2.52 bits per heavy atom. The van der Waals surface area contributed by atoms with Crippen LogP contribution < -0.4 is 20.7 Å². The van der Waals surface area contributed by atoms with E-state index in [0.29, 0.717) is 17.1 Å². The van der Waals surface area contributed by atoms with Gasteiger partial charge in [-0.15, -0.1) is 0 Å². The smallest absolute Gasteiger partial charge is 0.255 e. The summed E-state index contributed by atoms with van der Waals surface area (Å²) in [5.41, 5.74) is 1.29. The number of ether oxygens (including phenoxy) is 1. The van der Waals surface area contributed by atoms with Crippen LogP contribution in [-0.4, -0.2) is 31.0 Å². The zero-order valence-electron chi connectivity index (χ0n) is 18.2. The summed E-state index contributed by atoms with van der Waals surface area (Å²) in [4.78, 5) is 25.1. The Balaban J connectivity index is 1.65. The number of anilines is 2. The minimum absolute atomic E-state index is 0.0549. The first-order valence-electron chi connectivity index (χ1n) is 10.7. The van der Waals surface area contributed by atoms with Gasteiger partial charge in [-0.2, -0.15) is 0 Å². The summed E-state index contributed by atoms with van der Waals surface area (Å²) < 4.78 is 18.8. The Hall–Kier alpha value is -3.09. The number of amides is 2. The molecule has 1 fully saturated rings. The SMILES string of the molecule is COc1ccc(NC(C)C(=O)NC2CCC(C)CC2)cc1NC(=O)c1cccc(F)c1. The zero-order chi connectivity index (χ0) is 22.4. The lowest BCUT2D eigenvalue weighted by Crippen LogP contribution is -2.44. The van der Waals surface area contributed by atoms with E-state index in [1.165, 1.54) is 31.4 Å². The molecule has 0 saturated heterocycles. The van der Waals surface area contributed by atoms with E-state index in [9.17, 15) is 14.0 Å². The van der Waals surface area contributed by atoms with Crippen LogP contribution in [0.3, 0.4) is 0 Å². The topological polar surface area (TPSA) is 79.5 Å². The standard InChI is InChI=1S/C24H30FN3O3/c1-15-7-9-19(10-8-15)27-23(29)16(2)26-20-11-12-22(31-3)21(14-20)28-24(30)17-5-4-6-18(25)13-17/h4-6,11-16,19,26H,7-10H2,1-3H3,(H,27,29)(H,28,30). The molecule has 1 atom stereocenters. The van der Waals surface area contributed by atoms with E-state index in [2.05, 4.69) is 22.9 Å². The highest BCUT2D eigenvalue weighted by molar-refractivity contribution is 6.05. The van der Waals surface area contributed by atoms with Gasteiger partial charge in [-0.25, -0.2) is 4.39 Å². The van der Waals surface area contributed by atoms with Crippen LogP contribution in [0.1, 0.15) is 49.9 Å². The summed E-state index contributed by atoms with van der Waals surface area (Å²) in [5, 5.41) is 9.05. The summed E-state index contributed by atoms with van der Waals surface area (Å²) in [6, 6.07) is 10.4. The van der Waals surface area contributed by atoms with Crippen LogP contribution in [0.4, 0.5) is 15.8 Å². The first kappa shape index (κ1) is 22.6. The van der Waals surface area contributed by atoms with Gasteiger partial charge in [0.25, 0.3) is 5.91 Å². The highest BCUT2D eigenvalue weighted by Crippen LogP contribution is 2.29. The van der Waals surface area contributed by atoms with Crippen molar-refractivity contribution >= 4 is 23.2 Å². The second-order valence-corrected chi connectivity index (χ2v) is 8.21. The van der Waals surface area contributed by atoms with Gasteiger partial charge >= 0.3 is 0 Å². The summed E-state index contributed by atoms with van der Waals surface area (Å²) in [5.74, 6) is 0.197. The number of hydrogen-bond acceptors (Lipinski definition) is 4. The van der Waals surface area contributed by atoms with Crippen molar-refractivity contribution in [2.75, 3.05) is 17.7 Å². The van der Waals surface area contributed by atoms with Crippen LogP contribution in [0.2, 0.25) is 0 Å². The van der Waals surface area contributed by atoms with Gasteiger partial charge in [0.15, 0.2) is 0 Å². The first-order valence-corrected chi connectivity index (χ1v) is 10.7. The molecular formula is C24H30FN3O3. The van der Waals surface area contributed by atoms with Crippen LogP contribution in [0.25, 0.3) is 0 Å². The highest BCUT2D eigenvalue weighted by atomic mass is 19.1. The first-order chi connectivity index (χ1) is 14.9. The number of hydrogen-bond donors (Lipinski definition) is 3. The molecule has 1 unspecified atom stereocenters. The fraction of sp³-hybridized carbons (Fsp3) is 0.417. The van der Waals surface area contributed by atoms with Crippen molar-refractivity contribution < 1.29 is 18.7 Å². The monoisotopic (exact) mass is 427 g/mol. The molecule has 3 N–H and O–H groups in total. The Kier molecular flexibility index (Phi) is 7.50. The Morgan fingerprint density at radius 2 is 1.84 bits per heavy atom. The molecule has 0 radical (unpaired) electrons. The van der Waals surface area contributed by atoms with Gasteiger partial charge < -0.3 is 20.7 Å². The average molecular weight is 428 g/mol. The molecule has 31 heavy (non-hydrogen) atoms. The van der Waals surface area contributed by atoms with Gasteiger partial charge in [0.1, 0.15) is 17.6 Å². The molecule has 1 aliphatic carbocycles. The van der Waals surface area contributed by atoms with Crippen LogP contribution in [0.5, 0.6) is 5.75 Å². The highest BCUT2D eigenvalue weighted by Gasteiger charge is 2.22. The molecule has 0 spiro atoms. The Labute approximate surface area is 182 Å². The molecule has 0 aromatic heterocycles. The third-order valence-electron chi connectivity index (χ3n) is 5.67. The number of carbonyl (C=O) groups is 2. The number of halogens is 1. The molecule has 2 aromatic rings. The molecule has 6 nitrogen and oxygen atoms in total. The lowest BCUT2D eigenvalue weighted by molar-refractivity contribution is -0.122.